The van der Waals surface area contributed by atoms with E-state index in [1.807, 2.05) is 37.4 Å². The van der Waals surface area contributed by atoms with Gasteiger partial charge in [-0.15, -0.1) is 0 Å². The van der Waals surface area contributed by atoms with Crippen molar-refractivity contribution in [1.82, 2.24) is 19.9 Å². The number of para-hydroxylation sites is 1. The summed E-state index contributed by atoms with van der Waals surface area (Å²) in [7, 11) is 0. The first-order valence-electron chi connectivity index (χ1n) is 7.05. The quantitative estimate of drug-likeness (QED) is 0.719. The molecule has 4 rings (SSSR count). The second kappa shape index (κ2) is 4.77. The van der Waals surface area contributed by atoms with E-state index in [4.69, 9.17) is 0 Å². The minimum absolute atomic E-state index is 0.425. The molecule has 3 aromatic rings. The Bertz CT molecular complexity index is 795. The fraction of sp³-hybridized carbons (Fsp3) is 0.250. The Labute approximate surface area is 122 Å². The lowest BCUT2D eigenvalue weighted by Crippen LogP contribution is -2.46. The van der Waals surface area contributed by atoms with Crippen molar-refractivity contribution < 1.29 is 0 Å². The molecule has 0 spiro atoms. The molecule has 3 heterocycles. The Morgan fingerprint density at radius 3 is 2.71 bits per heavy atom. The third kappa shape index (κ3) is 2.11. The van der Waals surface area contributed by atoms with Crippen LogP contribution < -0.4 is 4.90 Å². The Morgan fingerprint density at radius 2 is 1.86 bits per heavy atom. The molecule has 1 aliphatic rings. The van der Waals surface area contributed by atoms with Crippen molar-refractivity contribution >= 4 is 16.9 Å². The minimum atomic E-state index is 0.425. The summed E-state index contributed by atoms with van der Waals surface area (Å²) in [5.41, 5.74) is 3.10. The van der Waals surface area contributed by atoms with Gasteiger partial charge < -0.3 is 4.90 Å². The summed E-state index contributed by atoms with van der Waals surface area (Å²) in [6.07, 6.45) is 5.39. The first-order valence-corrected chi connectivity index (χ1v) is 7.05. The van der Waals surface area contributed by atoms with Gasteiger partial charge in [0, 0.05) is 43.0 Å². The average Bonchev–Trinajstić information content (AvgIpc) is 2.47. The molecule has 0 amide bonds. The fourth-order valence-electron chi connectivity index (χ4n) is 2.75. The van der Waals surface area contributed by atoms with Crippen LogP contribution in [0.4, 0.5) is 5.95 Å². The van der Waals surface area contributed by atoms with Gasteiger partial charge in [0.15, 0.2) is 0 Å². The van der Waals surface area contributed by atoms with Gasteiger partial charge in [-0.05, 0) is 13.0 Å². The van der Waals surface area contributed by atoms with Crippen molar-refractivity contribution in [2.24, 2.45) is 0 Å². The summed E-state index contributed by atoms with van der Waals surface area (Å²) in [5, 5.41) is 1.07. The zero-order chi connectivity index (χ0) is 14.2. The molecule has 1 aliphatic heterocycles. The van der Waals surface area contributed by atoms with Crippen LogP contribution in [0.5, 0.6) is 0 Å². The van der Waals surface area contributed by atoms with Gasteiger partial charge in [-0.2, -0.15) is 0 Å². The van der Waals surface area contributed by atoms with Gasteiger partial charge in [0.1, 0.15) is 0 Å². The number of anilines is 1. The maximum atomic E-state index is 4.63. The molecular formula is C16H15N5. The summed E-state index contributed by atoms with van der Waals surface area (Å²) in [6, 6.07) is 8.05. The van der Waals surface area contributed by atoms with Gasteiger partial charge in [-0.1, -0.05) is 18.2 Å². The van der Waals surface area contributed by atoms with Crippen molar-refractivity contribution in [3.8, 4) is 0 Å². The summed E-state index contributed by atoms with van der Waals surface area (Å²) >= 11 is 0. The van der Waals surface area contributed by atoms with E-state index in [0.29, 0.717) is 5.92 Å². The molecule has 0 bridgehead atoms. The highest BCUT2D eigenvalue weighted by Gasteiger charge is 2.32. The normalized spacial score (nSPS) is 15.2. The zero-order valence-electron chi connectivity index (χ0n) is 11.8. The van der Waals surface area contributed by atoms with Crippen molar-refractivity contribution in [3.63, 3.8) is 0 Å². The largest absolute Gasteiger partial charge is 0.339 e. The second-order valence-corrected chi connectivity index (χ2v) is 5.36. The highest BCUT2D eigenvalue weighted by atomic mass is 15.3. The molecule has 2 aromatic heterocycles. The molecule has 0 saturated carbocycles. The number of hydrogen-bond acceptors (Lipinski definition) is 5. The first-order chi connectivity index (χ1) is 10.3. The molecule has 0 atom stereocenters. The molecule has 1 saturated heterocycles. The molecular weight excluding hydrogens is 262 g/mol. The summed E-state index contributed by atoms with van der Waals surface area (Å²) in [6.45, 7) is 3.81. The van der Waals surface area contributed by atoms with Gasteiger partial charge in [-0.3, -0.25) is 9.97 Å². The van der Waals surface area contributed by atoms with Gasteiger partial charge in [0.05, 0.1) is 16.9 Å². The van der Waals surface area contributed by atoms with E-state index in [0.717, 1.165) is 41.3 Å². The van der Waals surface area contributed by atoms with Gasteiger partial charge in [0.25, 0.3) is 0 Å². The number of aryl methyl sites for hydroxylation is 1. The molecule has 0 unspecified atom stereocenters. The van der Waals surface area contributed by atoms with Gasteiger partial charge in [0.2, 0.25) is 5.95 Å². The third-order valence-corrected chi connectivity index (χ3v) is 3.95. The molecule has 1 aromatic carbocycles. The van der Waals surface area contributed by atoms with E-state index in [1.165, 1.54) is 0 Å². The standard InChI is InChI=1S/C16H15N5/c1-11-15(18-7-6-17-11)13-9-21(10-13)16-19-8-12-4-2-3-5-14(12)20-16/h2-8,13H,9-10H2,1H3. The van der Waals surface area contributed by atoms with Crippen molar-refractivity contribution in [1.29, 1.82) is 0 Å². The van der Waals surface area contributed by atoms with Crippen LogP contribution in [-0.4, -0.2) is 33.0 Å². The smallest absolute Gasteiger partial charge is 0.225 e. The van der Waals surface area contributed by atoms with Crippen LogP contribution in [0, 0.1) is 6.92 Å². The minimum Gasteiger partial charge on any atom is -0.339 e. The Balaban J connectivity index is 1.55. The topological polar surface area (TPSA) is 54.8 Å². The summed E-state index contributed by atoms with van der Waals surface area (Å²) < 4.78 is 0. The fourth-order valence-corrected chi connectivity index (χ4v) is 2.75. The molecule has 21 heavy (non-hydrogen) atoms. The maximum absolute atomic E-state index is 4.63. The highest BCUT2D eigenvalue weighted by Crippen LogP contribution is 2.30. The summed E-state index contributed by atoms with van der Waals surface area (Å²) in [5.74, 6) is 1.22. The monoisotopic (exact) mass is 277 g/mol. The van der Waals surface area contributed by atoms with Crippen molar-refractivity contribution in [2.75, 3.05) is 18.0 Å². The molecule has 5 heteroatoms. The van der Waals surface area contributed by atoms with E-state index in [2.05, 4.69) is 24.8 Å². The molecule has 0 radical (unpaired) electrons. The van der Waals surface area contributed by atoms with Gasteiger partial charge in [-0.25, -0.2) is 9.97 Å². The van der Waals surface area contributed by atoms with Crippen LogP contribution in [0.25, 0.3) is 10.9 Å². The number of benzene rings is 1. The summed E-state index contributed by atoms with van der Waals surface area (Å²) in [4.78, 5) is 20.0. The average molecular weight is 277 g/mol. The van der Waals surface area contributed by atoms with E-state index in [1.54, 1.807) is 12.4 Å². The number of aromatic nitrogens is 4. The zero-order valence-corrected chi connectivity index (χ0v) is 11.8. The van der Waals surface area contributed by atoms with Crippen molar-refractivity contribution in [3.05, 3.63) is 54.2 Å². The third-order valence-electron chi connectivity index (χ3n) is 3.95. The lowest BCUT2D eigenvalue weighted by molar-refractivity contribution is 0.499. The van der Waals surface area contributed by atoms with E-state index >= 15 is 0 Å². The Morgan fingerprint density at radius 1 is 1.05 bits per heavy atom. The van der Waals surface area contributed by atoms with Crippen LogP contribution >= 0.6 is 0 Å². The number of rotatable bonds is 2. The van der Waals surface area contributed by atoms with E-state index in [-0.39, 0.29) is 0 Å². The van der Waals surface area contributed by atoms with Crippen LogP contribution in [0.15, 0.2) is 42.9 Å². The number of fused-ring (bicyclic) bond motifs is 1. The molecule has 104 valence electrons. The predicted octanol–water partition coefficient (Wildman–Crippen LogP) is 2.33. The van der Waals surface area contributed by atoms with Gasteiger partial charge >= 0.3 is 0 Å². The lowest BCUT2D eigenvalue weighted by atomic mass is 9.95. The van der Waals surface area contributed by atoms with Crippen LogP contribution in [0.2, 0.25) is 0 Å². The Kier molecular flexibility index (Phi) is 2.77. The van der Waals surface area contributed by atoms with E-state index in [9.17, 15) is 0 Å². The van der Waals surface area contributed by atoms with E-state index < -0.39 is 0 Å². The van der Waals surface area contributed by atoms with Crippen molar-refractivity contribution in [2.45, 2.75) is 12.8 Å². The van der Waals surface area contributed by atoms with Crippen LogP contribution in [0.1, 0.15) is 17.3 Å². The highest BCUT2D eigenvalue weighted by molar-refractivity contribution is 5.78. The van der Waals surface area contributed by atoms with Crippen LogP contribution in [0.3, 0.4) is 0 Å². The molecule has 1 fully saturated rings. The second-order valence-electron chi connectivity index (χ2n) is 5.36. The maximum Gasteiger partial charge on any atom is 0.225 e. The number of hydrogen-bond donors (Lipinski definition) is 0. The molecule has 0 N–H and O–H groups in total. The SMILES string of the molecule is Cc1nccnc1C1CN(c2ncc3ccccc3n2)C1. The predicted molar refractivity (Wildman–Crippen MR) is 81.3 cm³/mol. The lowest BCUT2D eigenvalue weighted by Gasteiger charge is -2.39. The number of nitrogens with zero attached hydrogens (tertiary/aromatic N) is 5. The molecule has 5 nitrogen and oxygen atoms in total. The Hall–Kier alpha value is -2.56. The van der Waals surface area contributed by atoms with Crippen LogP contribution in [-0.2, 0) is 0 Å². The first kappa shape index (κ1) is 12.2. The molecule has 0 aliphatic carbocycles.